The lowest BCUT2D eigenvalue weighted by atomic mass is 10.1. The zero-order chi connectivity index (χ0) is 22.3. The number of ether oxygens (including phenoxy) is 1. The number of carbonyl (C=O) groups is 1. The number of nitrogens with one attached hydrogen (secondary N) is 1. The van der Waals surface area contributed by atoms with E-state index in [1.807, 2.05) is 54.8 Å². The number of aryl methyl sites for hydroxylation is 1. The molecule has 162 valence electrons. The number of amides is 1. The van der Waals surface area contributed by atoms with Crippen LogP contribution in [-0.2, 0) is 6.54 Å². The highest BCUT2D eigenvalue weighted by Crippen LogP contribution is 2.22. The molecule has 0 saturated carbocycles. The van der Waals surface area contributed by atoms with Gasteiger partial charge in [-0.1, -0.05) is 35.9 Å². The summed E-state index contributed by atoms with van der Waals surface area (Å²) in [6, 6.07) is 18.1. The summed E-state index contributed by atoms with van der Waals surface area (Å²) in [5, 5.41) is 17.1. The van der Waals surface area contributed by atoms with Crippen molar-refractivity contribution in [2.24, 2.45) is 0 Å². The molecule has 0 fully saturated rings. The Bertz CT molecular complexity index is 1240. The third-order valence-corrected chi connectivity index (χ3v) is 5.50. The molecule has 3 heterocycles. The maximum atomic E-state index is 12.4. The second-order valence-corrected chi connectivity index (χ2v) is 7.99. The Morgan fingerprint density at radius 2 is 1.91 bits per heavy atom. The number of carbonyl (C=O) groups excluding carboxylic acids is 1. The lowest BCUT2D eigenvalue weighted by Crippen LogP contribution is -2.32. The summed E-state index contributed by atoms with van der Waals surface area (Å²) in [4.78, 5) is 25.6. The average Bonchev–Trinajstić information content (AvgIpc) is 3.35. The summed E-state index contributed by atoms with van der Waals surface area (Å²) in [7, 11) is 0. The van der Waals surface area contributed by atoms with E-state index in [-0.39, 0.29) is 30.3 Å². The largest absolute Gasteiger partial charge is 0.475 e. The average molecular weight is 448 g/mol. The molecule has 1 amide bonds. The first kappa shape index (κ1) is 21.4. The maximum Gasteiger partial charge on any atom is 0.271 e. The molecule has 0 radical (unpaired) electrons. The molecule has 0 atom stereocenters. The van der Waals surface area contributed by atoms with Gasteiger partial charge in [-0.15, -0.1) is 21.5 Å². The Balaban J connectivity index is 1.29. The predicted molar refractivity (Wildman–Crippen MR) is 122 cm³/mol. The van der Waals surface area contributed by atoms with E-state index in [9.17, 15) is 9.59 Å². The van der Waals surface area contributed by atoms with Crippen LogP contribution >= 0.6 is 11.3 Å². The molecule has 1 N–H and O–H groups in total. The zero-order valence-electron chi connectivity index (χ0n) is 17.4. The highest BCUT2D eigenvalue weighted by molar-refractivity contribution is 7.13. The summed E-state index contributed by atoms with van der Waals surface area (Å²) < 4.78 is 6.81. The summed E-state index contributed by atoms with van der Waals surface area (Å²) in [5.41, 5.74) is 2.75. The van der Waals surface area contributed by atoms with Crippen molar-refractivity contribution in [3.05, 3.63) is 93.2 Å². The van der Waals surface area contributed by atoms with Gasteiger partial charge in [0.1, 0.15) is 18.0 Å². The Kier molecular flexibility index (Phi) is 6.66. The van der Waals surface area contributed by atoms with Gasteiger partial charge in [0.05, 0.1) is 18.0 Å². The van der Waals surface area contributed by atoms with Crippen LogP contribution in [-0.4, -0.2) is 39.0 Å². The third-order valence-electron chi connectivity index (χ3n) is 4.60. The molecule has 0 unspecified atom stereocenters. The van der Waals surface area contributed by atoms with Crippen molar-refractivity contribution in [3.63, 3.8) is 0 Å². The molecule has 0 saturated heterocycles. The second kappa shape index (κ2) is 9.97. The van der Waals surface area contributed by atoms with Crippen molar-refractivity contribution in [1.29, 1.82) is 0 Å². The number of nitrogens with zero attached hydrogens (tertiary/aromatic N) is 4. The number of thiophene rings is 1. The minimum Gasteiger partial charge on any atom is -0.475 e. The fourth-order valence-corrected chi connectivity index (χ4v) is 3.60. The van der Waals surface area contributed by atoms with E-state index in [0.717, 1.165) is 21.7 Å². The Labute approximate surface area is 188 Å². The smallest absolute Gasteiger partial charge is 0.271 e. The van der Waals surface area contributed by atoms with Gasteiger partial charge < -0.3 is 10.1 Å². The maximum absolute atomic E-state index is 12.4. The van der Waals surface area contributed by atoms with E-state index in [1.165, 1.54) is 16.8 Å². The Morgan fingerprint density at radius 3 is 2.62 bits per heavy atom. The van der Waals surface area contributed by atoms with Crippen molar-refractivity contribution in [2.75, 3.05) is 13.2 Å². The highest BCUT2D eigenvalue weighted by atomic mass is 32.1. The minimum atomic E-state index is -0.384. The van der Waals surface area contributed by atoms with E-state index in [1.54, 1.807) is 17.4 Å². The van der Waals surface area contributed by atoms with Crippen LogP contribution in [0.1, 0.15) is 21.6 Å². The van der Waals surface area contributed by atoms with Crippen molar-refractivity contribution in [3.8, 4) is 16.5 Å². The van der Waals surface area contributed by atoms with Gasteiger partial charge in [-0.05, 0) is 36.1 Å². The number of hydrogen-bond donors (Lipinski definition) is 1. The van der Waals surface area contributed by atoms with E-state index in [4.69, 9.17) is 4.74 Å². The van der Waals surface area contributed by atoms with Crippen molar-refractivity contribution in [2.45, 2.75) is 13.5 Å². The molecule has 4 rings (SSSR count). The zero-order valence-corrected chi connectivity index (χ0v) is 18.2. The lowest BCUT2D eigenvalue weighted by Gasteiger charge is -2.09. The molecule has 0 aliphatic heterocycles. The number of aromatic nitrogens is 4. The highest BCUT2D eigenvalue weighted by Gasteiger charge is 2.10. The van der Waals surface area contributed by atoms with Crippen LogP contribution in [0.3, 0.4) is 0 Å². The van der Waals surface area contributed by atoms with Crippen molar-refractivity contribution < 1.29 is 9.53 Å². The van der Waals surface area contributed by atoms with Gasteiger partial charge in [-0.3, -0.25) is 9.59 Å². The molecule has 1 aromatic carbocycles. The lowest BCUT2D eigenvalue weighted by molar-refractivity contribution is 0.0939. The van der Waals surface area contributed by atoms with Gasteiger partial charge >= 0.3 is 0 Å². The standard InChI is InChI=1S/C23H21N5O3S/c1-16-4-6-17(7-5-16)15-28-22(29)11-9-19(27-28)23(30)24-12-13-31-21-10-8-18(25-26-21)20-3-2-14-32-20/h2-11,14H,12-13,15H2,1H3,(H,24,30). The minimum absolute atomic E-state index is 0.164. The summed E-state index contributed by atoms with van der Waals surface area (Å²) in [6.07, 6.45) is 0. The van der Waals surface area contributed by atoms with Crippen molar-refractivity contribution in [1.82, 2.24) is 25.3 Å². The van der Waals surface area contributed by atoms with E-state index < -0.39 is 0 Å². The van der Waals surface area contributed by atoms with E-state index in [0.29, 0.717) is 12.4 Å². The third kappa shape index (κ3) is 5.44. The summed E-state index contributed by atoms with van der Waals surface area (Å²) in [5.74, 6) is -0.00490. The van der Waals surface area contributed by atoms with Gasteiger partial charge in [0.2, 0.25) is 5.88 Å². The molecule has 8 nitrogen and oxygen atoms in total. The molecular formula is C23H21N5O3S. The first-order valence-corrected chi connectivity index (χ1v) is 10.9. The van der Waals surface area contributed by atoms with Crippen molar-refractivity contribution >= 4 is 17.2 Å². The predicted octanol–water partition coefficient (Wildman–Crippen LogP) is 2.93. The van der Waals surface area contributed by atoms with Crippen LogP contribution in [0.25, 0.3) is 10.6 Å². The van der Waals surface area contributed by atoms with Crippen LogP contribution in [0.5, 0.6) is 5.88 Å². The second-order valence-electron chi connectivity index (χ2n) is 7.04. The SMILES string of the molecule is Cc1ccc(Cn2nc(C(=O)NCCOc3ccc(-c4cccs4)nn3)ccc2=O)cc1. The molecule has 9 heteroatoms. The quantitative estimate of drug-likeness (QED) is 0.417. The molecule has 0 aliphatic carbocycles. The van der Waals surface area contributed by atoms with Crippen LogP contribution in [0.2, 0.25) is 0 Å². The molecule has 3 aromatic heterocycles. The molecule has 32 heavy (non-hydrogen) atoms. The molecule has 0 aliphatic rings. The normalized spacial score (nSPS) is 10.7. The van der Waals surface area contributed by atoms with Gasteiger partial charge in [-0.25, -0.2) is 4.68 Å². The van der Waals surface area contributed by atoms with Gasteiger partial charge in [0.25, 0.3) is 11.5 Å². The first-order valence-electron chi connectivity index (χ1n) is 10.0. The van der Waals surface area contributed by atoms with Crippen LogP contribution in [0.15, 0.2) is 70.8 Å². The summed E-state index contributed by atoms with van der Waals surface area (Å²) >= 11 is 1.59. The van der Waals surface area contributed by atoms with E-state index >= 15 is 0 Å². The van der Waals surface area contributed by atoms with E-state index in [2.05, 4.69) is 20.6 Å². The van der Waals surface area contributed by atoms with Gasteiger partial charge in [0, 0.05) is 12.1 Å². The first-order chi connectivity index (χ1) is 15.6. The molecule has 0 spiro atoms. The number of hydrogen-bond acceptors (Lipinski definition) is 7. The molecule has 4 aromatic rings. The number of benzene rings is 1. The monoisotopic (exact) mass is 447 g/mol. The van der Waals surface area contributed by atoms with Crippen LogP contribution < -0.4 is 15.6 Å². The fraction of sp³-hybridized carbons (Fsp3) is 0.174. The number of rotatable bonds is 8. The fourth-order valence-electron chi connectivity index (χ4n) is 2.91. The Hall–Kier alpha value is -3.85. The Morgan fingerprint density at radius 1 is 1.06 bits per heavy atom. The van der Waals surface area contributed by atoms with Gasteiger partial charge in [0.15, 0.2) is 0 Å². The van der Waals surface area contributed by atoms with Crippen LogP contribution in [0, 0.1) is 6.92 Å². The molecule has 0 bridgehead atoms. The van der Waals surface area contributed by atoms with Crippen LogP contribution in [0.4, 0.5) is 0 Å². The summed E-state index contributed by atoms with van der Waals surface area (Å²) in [6.45, 7) is 2.77. The topological polar surface area (TPSA) is 99.0 Å². The van der Waals surface area contributed by atoms with Gasteiger partial charge in [-0.2, -0.15) is 5.10 Å². The molecular weight excluding hydrogens is 426 g/mol.